The first-order valence-electron chi connectivity index (χ1n) is 6.24. The highest BCUT2D eigenvalue weighted by atomic mass is 35.5. The number of hydrogen-bond acceptors (Lipinski definition) is 3. The van der Waals surface area contributed by atoms with Gasteiger partial charge >= 0.3 is 0 Å². The van der Waals surface area contributed by atoms with Gasteiger partial charge in [-0.05, 0) is 35.9 Å². The Hall–Kier alpha value is -1.32. The Bertz CT molecular complexity index is 600. The van der Waals surface area contributed by atoms with Crippen LogP contribution in [0, 0.1) is 0 Å². The SMILES string of the molecule is Nc1ccc2c(c1)N(Cc1cccc(Cl)c1)CCS2. The molecule has 1 aliphatic heterocycles. The molecule has 0 amide bonds. The lowest BCUT2D eigenvalue weighted by Crippen LogP contribution is -2.28. The van der Waals surface area contributed by atoms with Crippen molar-refractivity contribution in [3.8, 4) is 0 Å². The van der Waals surface area contributed by atoms with E-state index in [4.69, 9.17) is 17.3 Å². The summed E-state index contributed by atoms with van der Waals surface area (Å²) in [7, 11) is 0. The van der Waals surface area contributed by atoms with E-state index in [-0.39, 0.29) is 0 Å². The average Bonchev–Trinajstić information content (AvgIpc) is 2.39. The minimum absolute atomic E-state index is 0.789. The summed E-state index contributed by atoms with van der Waals surface area (Å²) < 4.78 is 0. The van der Waals surface area contributed by atoms with E-state index in [1.165, 1.54) is 16.1 Å². The second kappa shape index (κ2) is 5.35. The second-order valence-corrected chi connectivity index (χ2v) is 6.20. The number of nitrogens with zero attached hydrogens (tertiary/aromatic N) is 1. The molecule has 2 aromatic carbocycles. The average molecular weight is 291 g/mol. The number of rotatable bonds is 2. The predicted molar refractivity (Wildman–Crippen MR) is 84.1 cm³/mol. The highest BCUT2D eigenvalue weighted by Gasteiger charge is 2.17. The Morgan fingerprint density at radius 2 is 2.11 bits per heavy atom. The zero-order chi connectivity index (χ0) is 13.2. The van der Waals surface area contributed by atoms with Gasteiger partial charge in [0.2, 0.25) is 0 Å². The summed E-state index contributed by atoms with van der Waals surface area (Å²) in [4.78, 5) is 3.68. The van der Waals surface area contributed by atoms with Crippen LogP contribution in [0.25, 0.3) is 0 Å². The molecule has 19 heavy (non-hydrogen) atoms. The van der Waals surface area contributed by atoms with Crippen LogP contribution in [0.5, 0.6) is 0 Å². The topological polar surface area (TPSA) is 29.3 Å². The first-order valence-corrected chi connectivity index (χ1v) is 7.60. The summed E-state index contributed by atoms with van der Waals surface area (Å²) in [5, 5.41) is 0.789. The van der Waals surface area contributed by atoms with Crippen molar-refractivity contribution in [2.24, 2.45) is 0 Å². The van der Waals surface area contributed by atoms with Crippen LogP contribution in [-0.4, -0.2) is 12.3 Å². The minimum Gasteiger partial charge on any atom is -0.399 e. The smallest absolute Gasteiger partial charge is 0.0528 e. The van der Waals surface area contributed by atoms with Gasteiger partial charge in [-0.3, -0.25) is 0 Å². The summed E-state index contributed by atoms with van der Waals surface area (Å²) in [5.41, 5.74) is 9.18. The van der Waals surface area contributed by atoms with Crippen molar-refractivity contribution in [3.05, 3.63) is 53.1 Å². The molecule has 98 valence electrons. The summed E-state index contributed by atoms with van der Waals surface area (Å²) >= 11 is 7.94. The molecule has 0 saturated heterocycles. The van der Waals surface area contributed by atoms with E-state index in [2.05, 4.69) is 23.1 Å². The summed E-state index contributed by atoms with van der Waals surface area (Å²) in [6, 6.07) is 14.2. The molecule has 2 N–H and O–H groups in total. The summed E-state index contributed by atoms with van der Waals surface area (Å²) in [5.74, 6) is 1.11. The van der Waals surface area contributed by atoms with Crippen LogP contribution in [-0.2, 0) is 6.54 Å². The number of halogens is 1. The maximum atomic E-state index is 6.05. The van der Waals surface area contributed by atoms with E-state index in [0.717, 1.165) is 29.6 Å². The highest BCUT2D eigenvalue weighted by molar-refractivity contribution is 7.99. The third kappa shape index (κ3) is 2.82. The molecule has 0 bridgehead atoms. The van der Waals surface area contributed by atoms with E-state index in [1.54, 1.807) is 0 Å². The van der Waals surface area contributed by atoms with Gasteiger partial charge in [-0.2, -0.15) is 0 Å². The van der Waals surface area contributed by atoms with Crippen molar-refractivity contribution in [1.29, 1.82) is 0 Å². The lowest BCUT2D eigenvalue weighted by atomic mass is 10.2. The van der Waals surface area contributed by atoms with Gasteiger partial charge in [0, 0.05) is 34.4 Å². The third-order valence-electron chi connectivity index (χ3n) is 3.20. The first kappa shape index (κ1) is 12.7. The molecule has 0 spiro atoms. The van der Waals surface area contributed by atoms with E-state index in [9.17, 15) is 0 Å². The fourth-order valence-electron chi connectivity index (χ4n) is 2.31. The van der Waals surface area contributed by atoms with Crippen molar-refractivity contribution in [3.63, 3.8) is 0 Å². The summed E-state index contributed by atoms with van der Waals surface area (Å²) in [6.45, 7) is 1.91. The molecule has 2 nitrogen and oxygen atoms in total. The fourth-order valence-corrected chi connectivity index (χ4v) is 3.55. The molecule has 4 heteroatoms. The van der Waals surface area contributed by atoms with Crippen LogP contribution < -0.4 is 10.6 Å². The normalized spacial score (nSPS) is 14.3. The van der Waals surface area contributed by atoms with Gasteiger partial charge in [0.25, 0.3) is 0 Å². The zero-order valence-electron chi connectivity index (χ0n) is 10.5. The van der Waals surface area contributed by atoms with E-state index in [0.29, 0.717) is 0 Å². The van der Waals surface area contributed by atoms with Gasteiger partial charge in [-0.15, -0.1) is 11.8 Å². The fraction of sp³-hybridized carbons (Fsp3) is 0.200. The lowest BCUT2D eigenvalue weighted by molar-refractivity contribution is 0.818. The van der Waals surface area contributed by atoms with E-state index in [1.807, 2.05) is 36.0 Å². The number of thioether (sulfide) groups is 1. The van der Waals surface area contributed by atoms with Gasteiger partial charge in [-0.25, -0.2) is 0 Å². The molecule has 0 unspecified atom stereocenters. The third-order valence-corrected chi connectivity index (χ3v) is 4.48. The Kier molecular flexibility index (Phi) is 3.58. The standard InChI is InChI=1S/C15H15ClN2S/c16-12-3-1-2-11(8-12)10-18-6-7-19-15-5-4-13(17)9-14(15)18/h1-5,8-9H,6-7,10,17H2. The molecular formula is C15H15ClN2S. The number of anilines is 2. The summed E-state index contributed by atoms with van der Waals surface area (Å²) in [6.07, 6.45) is 0. The van der Waals surface area contributed by atoms with Gasteiger partial charge in [-0.1, -0.05) is 23.7 Å². The van der Waals surface area contributed by atoms with Gasteiger partial charge in [0.05, 0.1) is 5.69 Å². The van der Waals surface area contributed by atoms with Crippen LogP contribution in [0.1, 0.15) is 5.56 Å². The number of fused-ring (bicyclic) bond motifs is 1. The molecule has 1 aliphatic rings. The minimum atomic E-state index is 0.789. The monoisotopic (exact) mass is 290 g/mol. The Balaban J connectivity index is 1.89. The number of nitrogens with two attached hydrogens (primary N) is 1. The highest BCUT2D eigenvalue weighted by Crippen LogP contribution is 2.36. The van der Waals surface area contributed by atoms with Crippen molar-refractivity contribution in [1.82, 2.24) is 0 Å². The molecule has 1 heterocycles. The largest absolute Gasteiger partial charge is 0.399 e. The van der Waals surface area contributed by atoms with Gasteiger partial charge < -0.3 is 10.6 Å². The number of nitrogen functional groups attached to an aromatic ring is 1. The molecule has 0 aromatic heterocycles. The number of benzene rings is 2. The van der Waals surface area contributed by atoms with Crippen LogP contribution >= 0.6 is 23.4 Å². The Morgan fingerprint density at radius 1 is 1.21 bits per heavy atom. The molecular weight excluding hydrogens is 276 g/mol. The van der Waals surface area contributed by atoms with E-state index < -0.39 is 0 Å². The molecule has 0 saturated carbocycles. The first-order chi connectivity index (χ1) is 9.22. The zero-order valence-corrected chi connectivity index (χ0v) is 12.0. The Labute approximate surface area is 122 Å². The molecule has 3 rings (SSSR count). The van der Waals surface area contributed by atoms with Crippen molar-refractivity contribution in [2.75, 3.05) is 22.9 Å². The van der Waals surface area contributed by atoms with Gasteiger partial charge in [0.15, 0.2) is 0 Å². The molecule has 0 aliphatic carbocycles. The van der Waals surface area contributed by atoms with Crippen LogP contribution in [0.3, 0.4) is 0 Å². The Morgan fingerprint density at radius 3 is 2.95 bits per heavy atom. The predicted octanol–water partition coefficient (Wildman–Crippen LogP) is 4.03. The quantitative estimate of drug-likeness (QED) is 0.847. The second-order valence-electron chi connectivity index (χ2n) is 4.63. The van der Waals surface area contributed by atoms with Crippen LogP contribution in [0.2, 0.25) is 5.02 Å². The molecule has 0 atom stereocenters. The molecule has 0 radical (unpaired) electrons. The van der Waals surface area contributed by atoms with Crippen LogP contribution in [0.15, 0.2) is 47.4 Å². The molecule has 0 fully saturated rings. The molecule has 2 aromatic rings. The maximum absolute atomic E-state index is 6.05. The lowest BCUT2D eigenvalue weighted by Gasteiger charge is -2.31. The van der Waals surface area contributed by atoms with Crippen molar-refractivity contribution < 1.29 is 0 Å². The van der Waals surface area contributed by atoms with Crippen LogP contribution in [0.4, 0.5) is 11.4 Å². The van der Waals surface area contributed by atoms with Crippen molar-refractivity contribution >= 4 is 34.7 Å². The maximum Gasteiger partial charge on any atom is 0.0528 e. The number of hydrogen-bond donors (Lipinski definition) is 1. The van der Waals surface area contributed by atoms with Gasteiger partial charge in [0.1, 0.15) is 0 Å². The van der Waals surface area contributed by atoms with Crippen molar-refractivity contribution in [2.45, 2.75) is 11.4 Å². The van der Waals surface area contributed by atoms with E-state index >= 15 is 0 Å².